The minimum Gasteiger partial charge on any atom is -0.494 e. The normalized spacial score (nSPS) is 16.2. The Kier molecular flexibility index (Phi) is 7.45. The van der Waals surface area contributed by atoms with Crippen LogP contribution in [0.5, 0.6) is 17.2 Å². The van der Waals surface area contributed by atoms with Crippen molar-refractivity contribution in [2.45, 2.75) is 38.1 Å². The minimum atomic E-state index is 0.0150. The Bertz CT molecular complexity index is 1460. The molecule has 200 valence electrons. The zero-order valence-electron chi connectivity index (χ0n) is 22.0. The number of hydrogen-bond acceptors (Lipinski definition) is 7. The number of aliphatic imine (C=N–C) groups is 1. The van der Waals surface area contributed by atoms with Crippen LogP contribution < -0.4 is 14.2 Å². The number of unbranched alkanes of at least 4 members (excludes halogenated alkanes) is 2. The topological polar surface area (TPSA) is 73.2 Å². The highest BCUT2D eigenvalue weighted by Gasteiger charge is 2.32. The van der Waals surface area contributed by atoms with Crippen LogP contribution in [-0.2, 0) is 0 Å². The first-order valence-corrected chi connectivity index (χ1v) is 14.3. The van der Waals surface area contributed by atoms with Gasteiger partial charge in [-0.3, -0.25) is 9.79 Å². The lowest BCUT2D eigenvalue weighted by Crippen LogP contribution is -2.35. The van der Waals surface area contributed by atoms with Crippen LogP contribution in [0.2, 0.25) is 0 Å². The number of thiazole rings is 1. The van der Waals surface area contributed by atoms with Gasteiger partial charge in [0.05, 0.1) is 47.8 Å². The van der Waals surface area contributed by atoms with Crippen molar-refractivity contribution in [3.63, 3.8) is 0 Å². The number of aromatic nitrogens is 1. The monoisotopic (exact) mass is 541 g/mol. The molecular weight excluding hydrogens is 510 g/mol. The molecule has 0 bridgehead atoms. The SMILES string of the molecule is COc1cc2c(cc1OCCCCCOc1ccc(-c3nc4ccccc4s3)cc1)N=C[C@@H]1CCCN1C2=O. The molecule has 8 heteroatoms. The summed E-state index contributed by atoms with van der Waals surface area (Å²) in [6.07, 6.45) is 6.66. The summed E-state index contributed by atoms with van der Waals surface area (Å²) in [6.45, 7) is 1.98. The van der Waals surface area contributed by atoms with Gasteiger partial charge in [-0.25, -0.2) is 4.98 Å². The lowest BCUT2D eigenvalue weighted by Gasteiger charge is -2.20. The largest absolute Gasteiger partial charge is 0.494 e. The van der Waals surface area contributed by atoms with E-state index < -0.39 is 0 Å². The summed E-state index contributed by atoms with van der Waals surface area (Å²) in [5.74, 6) is 2.06. The van der Waals surface area contributed by atoms with Gasteiger partial charge in [-0.05, 0) is 74.6 Å². The zero-order valence-corrected chi connectivity index (χ0v) is 22.8. The average Bonchev–Trinajstić information content (AvgIpc) is 3.60. The number of rotatable bonds is 10. The quantitative estimate of drug-likeness (QED) is 0.204. The molecule has 0 N–H and O–H groups in total. The maximum absolute atomic E-state index is 13.0. The molecule has 3 aromatic carbocycles. The molecule has 1 fully saturated rings. The van der Waals surface area contributed by atoms with Gasteiger partial charge in [0, 0.05) is 24.4 Å². The van der Waals surface area contributed by atoms with E-state index in [1.807, 2.05) is 47.5 Å². The smallest absolute Gasteiger partial charge is 0.256 e. The molecule has 1 amide bonds. The summed E-state index contributed by atoms with van der Waals surface area (Å²) in [5, 5.41) is 1.02. The molecule has 0 unspecified atom stereocenters. The van der Waals surface area contributed by atoms with Crippen molar-refractivity contribution in [1.82, 2.24) is 9.88 Å². The van der Waals surface area contributed by atoms with E-state index in [-0.39, 0.29) is 11.9 Å². The third-order valence-electron chi connectivity index (χ3n) is 7.17. The van der Waals surface area contributed by atoms with Crippen molar-refractivity contribution in [2.75, 3.05) is 26.9 Å². The number of benzene rings is 3. The van der Waals surface area contributed by atoms with E-state index in [4.69, 9.17) is 19.2 Å². The third kappa shape index (κ3) is 5.47. The van der Waals surface area contributed by atoms with Crippen LogP contribution in [-0.4, -0.2) is 54.9 Å². The number of nitrogens with zero attached hydrogens (tertiary/aromatic N) is 3. The minimum absolute atomic E-state index is 0.0150. The first-order chi connectivity index (χ1) is 19.2. The van der Waals surface area contributed by atoms with E-state index >= 15 is 0 Å². The van der Waals surface area contributed by atoms with Gasteiger partial charge in [0.1, 0.15) is 10.8 Å². The van der Waals surface area contributed by atoms with Crippen LogP contribution in [0.3, 0.4) is 0 Å². The molecule has 39 heavy (non-hydrogen) atoms. The van der Waals surface area contributed by atoms with E-state index in [0.29, 0.717) is 36.0 Å². The molecule has 0 aliphatic carbocycles. The van der Waals surface area contributed by atoms with E-state index in [1.54, 1.807) is 24.5 Å². The number of amides is 1. The summed E-state index contributed by atoms with van der Waals surface area (Å²) in [7, 11) is 1.60. The maximum atomic E-state index is 13.0. The molecule has 0 radical (unpaired) electrons. The van der Waals surface area contributed by atoms with Gasteiger partial charge in [-0.15, -0.1) is 11.3 Å². The second-order valence-corrected chi connectivity index (χ2v) is 10.8. The number of carbonyl (C=O) groups excluding carboxylic acids is 1. The van der Waals surface area contributed by atoms with Gasteiger partial charge >= 0.3 is 0 Å². The molecule has 7 nitrogen and oxygen atoms in total. The Balaban J connectivity index is 0.963. The average molecular weight is 542 g/mol. The fourth-order valence-corrected chi connectivity index (χ4v) is 6.03. The van der Waals surface area contributed by atoms with Crippen LogP contribution in [0.1, 0.15) is 42.5 Å². The van der Waals surface area contributed by atoms with Gasteiger partial charge in [0.2, 0.25) is 0 Å². The second kappa shape index (κ2) is 11.5. The van der Waals surface area contributed by atoms with Crippen molar-refractivity contribution in [2.24, 2.45) is 4.99 Å². The molecule has 1 saturated heterocycles. The Morgan fingerprint density at radius 2 is 1.79 bits per heavy atom. The van der Waals surface area contributed by atoms with Crippen molar-refractivity contribution in [3.05, 3.63) is 66.2 Å². The number of ether oxygens (including phenoxy) is 3. The molecule has 4 aromatic rings. The predicted molar refractivity (Wildman–Crippen MR) is 155 cm³/mol. The highest BCUT2D eigenvalue weighted by atomic mass is 32.1. The molecule has 0 spiro atoms. The Hall–Kier alpha value is -3.91. The first kappa shape index (κ1) is 25.4. The molecule has 0 saturated carbocycles. The highest BCUT2D eigenvalue weighted by Crippen LogP contribution is 2.38. The fourth-order valence-electron chi connectivity index (χ4n) is 5.06. The van der Waals surface area contributed by atoms with Crippen molar-refractivity contribution < 1.29 is 19.0 Å². The van der Waals surface area contributed by atoms with Gasteiger partial charge in [-0.2, -0.15) is 0 Å². The Morgan fingerprint density at radius 1 is 0.974 bits per heavy atom. The van der Waals surface area contributed by atoms with E-state index in [9.17, 15) is 4.79 Å². The first-order valence-electron chi connectivity index (χ1n) is 13.5. The Morgan fingerprint density at radius 3 is 2.62 bits per heavy atom. The number of para-hydroxylation sites is 1. The second-order valence-electron chi connectivity index (χ2n) is 9.78. The number of hydrogen-bond donors (Lipinski definition) is 0. The highest BCUT2D eigenvalue weighted by molar-refractivity contribution is 7.21. The molecule has 6 rings (SSSR count). The van der Waals surface area contributed by atoms with E-state index in [2.05, 4.69) is 23.2 Å². The molecule has 3 heterocycles. The van der Waals surface area contributed by atoms with E-state index in [1.165, 1.54) is 4.70 Å². The van der Waals surface area contributed by atoms with Crippen molar-refractivity contribution in [1.29, 1.82) is 0 Å². The Labute approximate surface area is 232 Å². The van der Waals surface area contributed by atoms with Crippen LogP contribution in [0.15, 0.2) is 65.7 Å². The fraction of sp³-hybridized carbons (Fsp3) is 0.323. The lowest BCUT2D eigenvalue weighted by molar-refractivity contribution is 0.0774. The van der Waals surface area contributed by atoms with Crippen LogP contribution >= 0.6 is 11.3 Å². The summed E-state index contributed by atoms with van der Waals surface area (Å²) < 4.78 is 18.7. The lowest BCUT2D eigenvalue weighted by atomic mass is 10.1. The number of methoxy groups -OCH3 is 1. The standard InChI is InChI=1S/C31H31N3O4S/c1-36-27-18-24-26(32-20-22-8-7-15-34(22)31(24)35)19-28(27)38-17-6-2-5-16-37-23-13-11-21(12-14-23)30-33-25-9-3-4-10-29(25)39-30/h3-4,9-14,18-20,22H,2,5-8,15-17H2,1H3/t22-/m0/s1. The van der Waals surface area contributed by atoms with E-state index in [0.717, 1.165) is 60.5 Å². The van der Waals surface area contributed by atoms with Gasteiger partial charge in [0.15, 0.2) is 11.5 Å². The predicted octanol–water partition coefficient (Wildman–Crippen LogP) is 6.92. The summed E-state index contributed by atoms with van der Waals surface area (Å²) in [4.78, 5) is 24.2. The van der Waals surface area contributed by atoms with Crippen LogP contribution in [0.4, 0.5) is 5.69 Å². The molecule has 2 aliphatic rings. The maximum Gasteiger partial charge on any atom is 0.256 e. The van der Waals surface area contributed by atoms with Crippen LogP contribution in [0, 0.1) is 0 Å². The van der Waals surface area contributed by atoms with Gasteiger partial charge < -0.3 is 19.1 Å². The van der Waals surface area contributed by atoms with Gasteiger partial charge in [-0.1, -0.05) is 12.1 Å². The summed E-state index contributed by atoms with van der Waals surface area (Å²) in [5.41, 5.74) is 3.36. The third-order valence-corrected chi connectivity index (χ3v) is 8.25. The molecular formula is C31H31N3O4S. The summed E-state index contributed by atoms with van der Waals surface area (Å²) >= 11 is 1.70. The molecule has 2 aliphatic heterocycles. The van der Waals surface area contributed by atoms with Crippen molar-refractivity contribution >= 4 is 39.4 Å². The van der Waals surface area contributed by atoms with Gasteiger partial charge in [0.25, 0.3) is 5.91 Å². The van der Waals surface area contributed by atoms with Crippen molar-refractivity contribution in [3.8, 4) is 27.8 Å². The molecule has 1 aromatic heterocycles. The molecule has 1 atom stereocenters. The van der Waals surface area contributed by atoms with Crippen LogP contribution in [0.25, 0.3) is 20.8 Å². The zero-order chi connectivity index (χ0) is 26.6. The number of fused-ring (bicyclic) bond motifs is 3. The summed E-state index contributed by atoms with van der Waals surface area (Å²) in [6, 6.07) is 20.0. The number of carbonyl (C=O) groups is 1.